The Bertz CT molecular complexity index is 853. The third-order valence-corrected chi connectivity index (χ3v) is 4.48. The largest absolute Gasteiger partial charge is 0.370 e. The van der Waals surface area contributed by atoms with E-state index in [1.807, 2.05) is 0 Å². The maximum Gasteiger partial charge on any atom is 0.188 e. The summed E-state index contributed by atoms with van der Waals surface area (Å²) in [6.07, 6.45) is -0.282. The van der Waals surface area contributed by atoms with Crippen LogP contribution in [-0.2, 0) is 4.74 Å². The Balaban J connectivity index is 1.65. The van der Waals surface area contributed by atoms with Crippen molar-refractivity contribution in [1.82, 2.24) is 0 Å². The van der Waals surface area contributed by atoms with Crippen molar-refractivity contribution in [2.75, 3.05) is 0 Å². The summed E-state index contributed by atoms with van der Waals surface area (Å²) in [7, 11) is 0. The van der Waals surface area contributed by atoms with E-state index >= 15 is 0 Å². The van der Waals surface area contributed by atoms with Crippen molar-refractivity contribution >= 4 is 28.1 Å². The summed E-state index contributed by atoms with van der Waals surface area (Å²) in [5.74, 6) is 0.0636. The topological polar surface area (TPSA) is 76.9 Å². The standard InChI is InChI=1S/C17H15N3OS/c18-17(19)20-16-15(21-16)13-4-3-10-7-12(2-1-11(10)8-13)14-5-6-22-9-14/h1-9,15-16H,(H4,18,19,20). The molecule has 1 aromatic heterocycles. The monoisotopic (exact) mass is 309 g/mol. The van der Waals surface area contributed by atoms with Crippen LogP contribution in [-0.4, -0.2) is 12.2 Å². The number of hydrogen-bond acceptors (Lipinski definition) is 3. The lowest BCUT2D eigenvalue weighted by molar-refractivity contribution is 0.378. The molecule has 3 aromatic rings. The molecule has 1 aliphatic heterocycles. The molecule has 1 aliphatic rings. The van der Waals surface area contributed by atoms with Gasteiger partial charge in [0.1, 0.15) is 6.10 Å². The van der Waals surface area contributed by atoms with Crippen LogP contribution in [0.1, 0.15) is 11.7 Å². The van der Waals surface area contributed by atoms with Gasteiger partial charge in [0, 0.05) is 0 Å². The molecule has 0 aliphatic carbocycles. The van der Waals surface area contributed by atoms with Gasteiger partial charge in [-0.2, -0.15) is 11.3 Å². The van der Waals surface area contributed by atoms with Gasteiger partial charge in [0.05, 0.1) is 0 Å². The molecule has 0 spiro atoms. The molecule has 0 bridgehead atoms. The molecule has 2 heterocycles. The van der Waals surface area contributed by atoms with Gasteiger partial charge in [-0.1, -0.05) is 24.3 Å². The fraction of sp³-hybridized carbons (Fsp3) is 0.118. The van der Waals surface area contributed by atoms with Crippen molar-refractivity contribution in [3.63, 3.8) is 0 Å². The Morgan fingerprint density at radius 3 is 2.59 bits per heavy atom. The fourth-order valence-electron chi connectivity index (χ4n) is 2.64. The number of nitrogens with zero attached hydrogens (tertiary/aromatic N) is 1. The third kappa shape index (κ3) is 2.45. The first-order valence-corrected chi connectivity index (χ1v) is 7.95. The summed E-state index contributed by atoms with van der Waals surface area (Å²) in [4.78, 5) is 4.03. The number of thiophene rings is 1. The van der Waals surface area contributed by atoms with Gasteiger partial charge in [-0.3, -0.25) is 0 Å². The van der Waals surface area contributed by atoms with Crippen LogP contribution in [0.25, 0.3) is 21.9 Å². The summed E-state index contributed by atoms with van der Waals surface area (Å²) in [5, 5.41) is 6.66. The minimum Gasteiger partial charge on any atom is -0.370 e. The predicted molar refractivity (Wildman–Crippen MR) is 90.7 cm³/mol. The smallest absolute Gasteiger partial charge is 0.188 e. The van der Waals surface area contributed by atoms with E-state index in [-0.39, 0.29) is 18.3 Å². The highest BCUT2D eigenvalue weighted by molar-refractivity contribution is 7.08. The molecule has 0 amide bonds. The lowest BCUT2D eigenvalue weighted by Gasteiger charge is -2.04. The Kier molecular flexibility index (Phi) is 3.10. The molecule has 22 heavy (non-hydrogen) atoms. The van der Waals surface area contributed by atoms with Crippen LogP contribution in [0.3, 0.4) is 0 Å². The fourth-order valence-corrected chi connectivity index (χ4v) is 3.31. The molecular formula is C17H15N3OS. The van der Waals surface area contributed by atoms with E-state index in [2.05, 4.69) is 58.2 Å². The van der Waals surface area contributed by atoms with Crippen LogP contribution in [0.2, 0.25) is 0 Å². The Morgan fingerprint density at radius 1 is 1.00 bits per heavy atom. The summed E-state index contributed by atoms with van der Waals surface area (Å²) >= 11 is 1.71. The van der Waals surface area contributed by atoms with Crippen LogP contribution in [0.5, 0.6) is 0 Å². The first kappa shape index (κ1) is 13.3. The Hall–Kier alpha value is -2.37. The zero-order chi connectivity index (χ0) is 15.1. The van der Waals surface area contributed by atoms with Crippen LogP contribution in [0.4, 0.5) is 0 Å². The van der Waals surface area contributed by atoms with Gasteiger partial charge < -0.3 is 16.2 Å². The molecule has 2 aromatic carbocycles. The molecule has 1 fully saturated rings. The second-order valence-electron chi connectivity index (χ2n) is 5.33. The zero-order valence-electron chi connectivity index (χ0n) is 11.8. The molecule has 0 saturated carbocycles. The minimum atomic E-state index is -0.243. The molecule has 2 atom stereocenters. The first-order chi connectivity index (χ1) is 10.7. The van der Waals surface area contributed by atoms with Crippen molar-refractivity contribution in [3.05, 3.63) is 58.8 Å². The van der Waals surface area contributed by atoms with Gasteiger partial charge in [-0.05, 0) is 56.4 Å². The number of epoxide rings is 1. The summed E-state index contributed by atoms with van der Waals surface area (Å²) in [5.41, 5.74) is 14.4. The minimum absolute atomic E-state index is 0.0388. The maximum atomic E-state index is 5.50. The van der Waals surface area contributed by atoms with E-state index in [9.17, 15) is 0 Å². The lowest BCUT2D eigenvalue weighted by Crippen LogP contribution is -2.23. The van der Waals surface area contributed by atoms with Crippen molar-refractivity contribution < 1.29 is 4.74 Å². The van der Waals surface area contributed by atoms with E-state index < -0.39 is 0 Å². The van der Waals surface area contributed by atoms with Crippen LogP contribution in [0, 0.1) is 0 Å². The average Bonchev–Trinajstić information content (AvgIpc) is 3.05. The highest BCUT2D eigenvalue weighted by Crippen LogP contribution is 2.40. The van der Waals surface area contributed by atoms with E-state index in [1.165, 1.54) is 21.9 Å². The zero-order valence-corrected chi connectivity index (χ0v) is 12.6. The molecule has 4 rings (SSSR count). The van der Waals surface area contributed by atoms with Crippen molar-refractivity contribution in [2.24, 2.45) is 16.5 Å². The highest BCUT2D eigenvalue weighted by atomic mass is 32.1. The number of ether oxygens (including phenoxy) is 1. The Labute approximate surface area is 132 Å². The predicted octanol–water partition coefficient (Wildman–Crippen LogP) is 3.24. The van der Waals surface area contributed by atoms with E-state index in [0.717, 1.165) is 5.56 Å². The number of rotatable bonds is 3. The number of fused-ring (bicyclic) bond motifs is 1. The molecule has 110 valence electrons. The summed E-state index contributed by atoms with van der Waals surface area (Å²) in [6, 6.07) is 15.0. The van der Waals surface area contributed by atoms with Gasteiger partial charge in [0.15, 0.2) is 12.2 Å². The van der Waals surface area contributed by atoms with Gasteiger partial charge in [-0.15, -0.1) is 0 Å². The molecule has 2 unspecified atom stereocenters. The average molecular weight is 309 g/mol. The van der Waals surface area contributed by atoms with Gasteiger partial charge in [-0.25, -0.2) is 4.99 Å². The third-order valence-electron chi connectivity index (χ3n) is 3.79. The second-order valence-corrected chi connectivity index (χ2v) is 6.11. The quantitative estimate of drug-likeness (QED) is 0.443. The maximum absolute atomic E-state index is 5.50. The van der Waals surface area contributed by atoms with E-state index in [4.69, 9.17) is 16.2 Å². The molecule has 0 radical (unpaired) electrons. The number of aliphatic imine (C=N–C) groups is 1. The molecule has 4 N–H and O–H groups in total. The van der Waals surface area contributed by atoms with Crippen molar-refractivity contribution in [2.45, 2.75) is 12.3 Å². The number of hydrogen-bond donors (Lipinski definition) is 2. The molecule has 5 heteroatoms. The van der Waals surface area contributed by atoms with Gasteiger partial charge in [0.25, 0.3) is 0 Å². The normalized spacial score (nSPS) is 20.0. The number of benzene rings is 2. The van der Waals surface area contributed by atoms with Crippen LogP contribution in [0.15, 0.2) is 58.2 Å². The second kappa shape index (κ2) is 5.12. The lowest BCUT2D eigenvalue weighted by atomic mass is 10.0. The Morgan fingerprint density at radius 2 is 1.82 bits per heavy atom. The first-order valence-electron chi connectivity index (χ1n) is 7.01. The van der Waals surface area contributed by atoms with E-state index in [1.54, 1.807) is 11.3 Å². The van der Waals surface area contributed by atoms with E-state index in [0.29, 0.717) is 0 Å². The van der Waals surface area contributed by atoms with Crippen molar-refractivity contribution in [1.29, 1.82) is 0 Å². The molecule has 1 saturated heterocycles. The highest BCUT2D eigenvalue weighted by Gasteiger charge is 2.40. The van der Waals surface area contributed by atoms with Gasteiger partial charge in [0.2, 0.25) is 0 Å². The van der Waals surface area contributed by atoms with Crippen LogP contribution >= 0.6 is 11.3 Å². The SMILES string of the molecule is NC(N)=NC1OC1c1ccc2cc(-c3ccsc3)ccc2c1. The molecular weight excluding hydrogens is 294 g/mol. The summed E-state index contributed by atoms with van der Waals surface area (Å²) < 4.78 is 5.50. The van der Waals surface area contributed by atoms with Crippen LogP contribution < -0.4 is 11.5 Å². The summed E-state index contributed by atoms with van der Waals surface area (Å²) in [6.45, 7) is 0. The van der Waals surface area contributed by atoms with Crippen molar-refractivity contribution in [3.8, 4) is 11.1 Å². The molecule has 4 nitrogen and oxygen atoms in total. The van der Waals surface area contributed by atoms with Gasteiger partial charge >= 0.3 is 0 Å². The number of guanidine groups is 1. The number of nitrogens with two attached hydrogens (primary N) is 2.